The molecule has 9 aromatic carbocycles. The molecule has 5 heterocycles. The molecule has 0 unspecified atom stereocenters. The van der Waals surface area contributed by atoms with Gasteiger partial charge in [0.15, 0.2) is 17.2 Å². The zero-order valence-electron chi connectivity index (χ0n) is 33.0. The van der Waals surface area contributed by atoms with Gasteiger partial charge in [0.2, 0.25) is 5.95 Å². The molecule has 0 aliphatic heterocycles. The number of rotatable bonds is 4. The van der Waals surface area contributed by atoms with Crippen LogP contribution in [0.15, 0.2) is 192 Å². The van der Waals surface area contributed by atoms with Crippen LogP contribution in [0.5, 0.6) is 0 Å². The summed E-state index contributed by atoms with van der Waals surface area (Å²) in [5, 5.41) is 11.5. The summed E-state index contributed by atoms with van der Waals surface area (Å²) in [6, 6.07) is 66.6. The Bertz CT molecular complexity index is 4130. The van der Waals surface area contributed by atoms with Crippen LogP contribution in [0, 0.1) is 0 Å². The van der Waals surface area contributed by atoms with E-state index in [0.29, 0.717) is 17.6 Å². The number of benzene rings is 9. The summed E-state index contributed by atoms with van der Waals surface area (Å²) in [6.07, 6.45) is 0. The standard InChI is InChI=1S/C55H31N5OS/c1-2-14-33-30-47-42(29-32(33)13-1)37-17-5-8-20-43(37)59(47)46-28-27-41(51-40-19-6-11-23-48(40)61-52(46)51)54-56-53(34-25-26-39-38-18-7-12-24-49(38)62-50(39)31-34)57-55(58-54)60-44-21-9-3-15-35(44)36-16-4-10-22-45(36)60/h1-31H. The van der Waals surface area contributed by atoms with E-state index in [0.717, 1.165) is 71.6 Å². The van der Waals surface area contributed by atoms with E-state index < -0.39 is 0 Å². The third kappa shape index (κ3) is 4.76. The number of nitrogens with zero attached hydrogens (tertiary/aromatic N) is 5. The molecule has 6 nitrogen and oxygen atoms in total. The number of hydrogen-bond acceptors (Lipinski definition) is 5. The molecule has 0 aliphatic carbocycles. The van der Waals surface area contributed by atoms with E-state index >= 15 is 0 Å². The monoisotopic (exact) mass is 809 g/mol. The average Bonchev–Trinajstić information content (AvgIpc) is 4.08. The molecule has 7 heteroatoms. The molecule has 0 atom stereocenters. The van der Waals surface area contributed by atoms with E-state index in [1.165, 1.54) is 41.7 Å². The van der Waals surface area contributed by atoms with E-state index in [-0.39, 0.29) is 0 Å². The summed E-state index contributed by atoms with van der Waals surface area (Å²) >= 11 is 1.79. The van der Waals surface area contributed by atoms with Gasteiger partial charge in [0.25, 0.3) is 0 Å². The van der Waals surface area contributed by atoms with Gasteiger partial charge in [-0.05, 0) is 71.4 Å². The number of hydrogen-bond donors (Lipinski definition) is 0. The molecular weight excluding hydrogens is 779 g/mol. The molecule has 14 aromatic rings. The van der Waals surface area contributed by atoms with Crippen molar-refractivity contribution in [1.82, 2.24) is 24.1 Å². The van der Waals surface area contributed by atoms with Crippen molar-refractivity contribution >= 4 is 108 Å². The van der Waals surface area contributed by atoms with E-state index in [9.17, 15) is 0 Å². The van der Waals surface area contributed by atoms with Crippen LogP contribution in [-0.2, 0) is 0 Å². The molecule has 288 valence electrons. The second-order valence-electron chi connectivity index (χ2n) is 16.0. The van der Waals surface area contributed by atoms with E-state index in [1.54, 1.807) is 11.3 Å². The highest BCUT2D eigenvalue weighted by molar-refractivity contribution is 7.25. The van der Waals surface area contributed by atoms with Gasteiger partial charge in [0.1, 0.15) is 5.58 Å². The molecule has 0 amide bonds. The van der Waals surface area contributed by atoms with Gasteiger partial charge >= 0.3 is 0 Å². The van der Waals surface area contributed by atoms with Gasteiger partial charge in [0.05, 0.1) is 27.8 Å². The Morgan fingerprint density at radius 2 is 1.00 bits per heavy atom. The molecule has 14 rings (SSSR count). The maximum absolute atomic E-state index is 6.97. The van der Waals surface area contributed by atoms with Crippen LogP contribution in [0.2, 0.25) is 0 Å². The zero-order chi connectivity index (χ0) is 40.5. The highest BCUT2D eigenvalue weighted by Gasteiger charge is 2.24. The first-order chi connectivity index (χ1) is 30.7. The van der Waals surface area contributed by atoms with E-state index in [2.05, 4.69) is 185 Å². The van der Waals surface area contributed by atoms with Crippen molar-refractivity contribution in [2.24, 2.45) is 0 Å². The predicted molar refractivity (Wildman–Crippen MR) is 257 cm³/mol. The van der Waals surface area contributed by atoms with Crippen LogP contribution in [0.25, 0.3) is 131 Å². The second kappa shape index (κ2) is 12.7. The molecule has 5 aromatic heterocycles. The van der Waals surface area contributed by atoms with Crippen LogP contribution in [0.3, 0.4) is 0 Å². The fourth-order valence-electron chi connectivity index (χ4n) is 9.81. The van der Waals surface area contributed by atoms with Crippen molar-refractivity contribution in [3.63, 3.8) is 0 Å². The SMILES string of the molecule is c1ccc2cc3c(cc2c1)c1ccccc1n3-c1ccc(-c2nc(-c3ccc4c(c3)sc3ccccc34)nc(-n3c4ccccc4c4ccccc43)n2)c2c1oc1ccccc12. The lowest BCUT2D eigenvalue weighted by molar-refractivity contribution is 0.666. The zero-order valence-corrected chi connectivity index (χ0v) is 33.8. The Morgan fingerprint density at radius 3 is 1.77 bits per heavy atom. The summed E-state index contributed by atoms with van der Waals surface area (Å²) in [4.78, 5) is 16.1. The first-order valence-corrected chi connectivity index (χ1v) is 21.6. The molecule has 0 fully saturated rings. The van der Waals surface area contributed by atoms with Crippen LogP contribution >= 0.6 is 11.3 Å². The largest absolute Gasteiger partial charge is 0.454 e. The molecular formula is C55H31N5OS. The van der Waals surface area contributed by atoms with Crippen molar-refractivity contribution in [2.75, 3.05) is 0 Å². The van der Waals surface area contributed by atoms with Crippen molar-refractivity contribution in [1.29, 1.82) is 0 Å². The van der Waals surface area contributed by atoms with Gasteiger partial charge in [-0.3, -0.25) is 4.57 Å². The Balaban J connectivity index is 1.07. The van der Waals surface area contributed by atoms with Crippen LogP contribution < -0.4 is 0 Å². The minimum Gasteiger partial charge on any atom is -0.454 e. The average molecular weight is 810 g/mol. The fourth-order valence-corrected chi connectivity index (χ4v) is 11.0. The van der Waals surface area contributed by atoms with Crippen LogP contribution in [0.4, 0.5) is 0 Å². The van der Waals surface area contributed by atoms with E-state index in [1.807, 2.05) is 12.1 Å². The van der Waals surface area contributed by atoms with E-state index in [4.69, 9.17) is 19.4 Å². The highest BCUT2D eigenvalue weighted by atomic mass is 32.1. The molecule has 0 radical (unpaired) electrons. The van der Waals surface area contributed by atoms with Crippen molar-refractivity contribution in [2.45, 2.75) is 0 Å². The van der Waals surface area contributed by atoms with Gasteiger partial charge in [-0.15, -0.1) is 11.3 Å². The summed E-state index contributed by atoms with van der Waals surface area (Å²) in [5.41, 5.74) is 8.61. The summed E-state index contributed by atoms with van der Waals surface area (Å²) in [6.45, 7) is 0. The first kappa shape index (κ1) is 33.7. The van der Waals surface area contributed by atoms with Crippen LogP contribution in [-0.4, -0.2) is 24.1 Å². The maximum Gasteiger partial charge on any atom is 0.238 e. The minimum atomic E-state index is 0.554. The third-order valence-electron chi connectivity index (χ3n) is 12.6. The quantitative estimate of drug-likeness (QED) is 0.178. The maximum atomic E-state index is 6.97. The summed E-state index contributed by atoms with van der Waals surface area (Å²) < 4.78 is 14.0. The number of aromatic nitrogens is 5. The fraction of sp³-hybridized carbons (Fsp3) is 0. The van der Waals surface area contributed by atoms with Gasteiger partial charge in [-0.1, -0.05) is 127 Å². The lowest BCUT2D eigenvalue weighted by atomic mass is 10.0. The summed E-state index contributed by atoms with van der Waals surface area (Å²) in [5.74, 6) is 1.73. The number of fused-ring (bicyclic) bond motifs is 13. The minimum absolute atomic E-state index is 0.554. The Hall–Kier alpha value is -8.13. The van der Waals surface area contributed by atoms with Crippen molar-refractivity contribution in [3.8, 4) is 34.4 Å². The Morgan fingerprint density at radius 1 is 0.403 bits per heavy atom. The molecule has 0 bridgehead atoms. The third-order valence-corrected chi connectivity index (χ3v) is 13.7. The van der Waals surface area contributed by atoms with Gasteiger partial charge < -0.3 is 8.98 Å². The van der Waals surface area contributed by atoms with Gasteiger partial charge in [-0.2, -0.15) is 9.97 Å². The number of para-hydroxylation sites is 4. The molecule has 0 aliphatic rings. The van der Waals surface area contributed by atoms with Crippen LogP contribution in [0.1, 0.15) is 0 Å². The summed E-state index contributed by atoms with van der Waals surface area (Å²) in [7, 11) is 0. The number of thiophene rings is 1. The topological polar surface area (TPSA) is 61.7 Å². The lowest BCUT2D eigenvalue weighted by Crippen LogP contribution is -2.06. The second-order valence-corrected chi connectivity index (χ2v) is 17.0. The highest BCUT2D eigenvalue weighted by Crippen LogP contribution is 2.44. The molecule has 0 saturated carbocycles. The smallest absolute Gasteiger partial charge is 0.238 e. The molecule has 62 heavy (non-hydrogen) atoms. The molecule has 0 spiro atoms. The number of furan rings is 1. The first-order valence-electron chi connectivity index (χ1n) is 20.8. The Kier molecular flexibility index (Phi) is 6.89. The lowest BCUT2D eigenvalue weighted by Gasteiger charge is -2.13. The Labute approximate surface area is 357 Å². The van der Waals surface area contributed by atoms with Crippen molar-refractivity contribution < 1.29 is 4.42 Å². The van der Waals surface area contributed by atoms with Gasteiger partial charge in [-0.25, -0.2) is 4.98 Å². The molecule has 0 saturated heterocycles. The van der Waals surface area contributed by atoms with Crippen molar-refractivity contribution in [3.05, 3.63) is 188 Å². The predicted octanol–water partition coefficient (Wildman–Crippen LogP) is 14.8. The van der Waals surface area contributed by atoms with Gasteiger partial charge in [0, 0.05) is 63.6 Å². The normalized spacial score (nSPS) is 12.2. The molecule has 0 N–H and O–H groups in total.